The smallest absolute Gasteiger partial charge is 0.312 e. The second-order valence-corrected chi connectivity index (χ2v) is 8.10. The first kappa shape index (κ1) is 19.5. The van der Waals surface area contributed by atoms with Gasteiger partial charge in [0.1, 0.15) is 0 Å². The molecule has 0 radical (unpaired) electrons. The number of aryl methyl sites for hydroxylation is 1. The first-order chi connectivity index (χ1) is 14.0. The predicted octanol–water partition coefficient (Wildman–Crippen LogP) is 3.26. The number of benzene rings is 1. The van der Waals surface area contributed by atoms with E-state index >= 15 is 0 Å². The Morgan fingerprint density at radius 1 is 1.07 bits per heavy atom. The molecule has 0 aliphatic carbocycles. The van der Waals surface area contributed by atoms with Gasteiger partial charge in [-0.05, 0) is 24.5 Å². The van der Waals surface area contributed by atoms with Crippen molar-refractivity contribution in [3.05, 3.63) is 51.2 Å². The SMILES string of the molecule is CCCCCCn1c(=O)c2c(nc3n2C[C@H](C)CN3c2ccccc2)n(C)c1=O. The maximum absolute atomic E-state index is 13.3. The Morgan fingerprint density at radius 2 is 1.83 bits per heavy atom. The van der Waals surface area contributed by atoms with E-state index in [2.05, 4.69) is 18.7 Å². The molecule has 3 aromatic rings. The molecule has 0 saturated carbocycles. The Kier molecular flexibility index (Phi) is 5.30. The van der Waals surface area contributed by atoms with Crippen molar-refractivity contribution in [3.8, 4) is 0 Å². The van der Waals surface area contributed by atoms with Gasteiger partial charge in [0.05, 0.1) is 0 Å². The molecule has 4 rings (SSSR count). The molecule has 154 valence electrons. The summed E-state index contributed by atoms with van der Waals surface area (Å²) >= 11 is 0. The highest BCUT2D eigenvalue weighted by molar-refractivity contribution is 5.77. The maximum atomic E-state index is 13.3. The number of unbranched alkanes of at least 4 members (excludes halogenated alkanes) is 3. The quantitative estimate of drug-likeness (QED) is 0.601. The summed E-state index contributed by atoms with van der Waals surface area (Å²) in [5.41, 5.74) is 1.54. The van der Waals surface area contributed by atoms with E-state index in [0.29, 0.717) is 23.6 Å². The lowest BCUT2D eigenvalue weighted by molar-refractivity contribution is 0.457. The normalized spacial score (nSPS) is 16.4. The molecule has 1 aliphatic heterocycles. The van der Waals surface area contributed by atoms with Gasteiger partial charge in [-0.1, -0.05) is 51.3 Å². The summed E-state index contributed by atoms with van der Waals surface area (Å²) in [7, 11) is 1.71. The fraction of sp³-hybridized carbons (Fsp3) is 0.500. The fourth-order valence-corrected chi connectivity index (χ4v) is 4.22. The summed E-state index contributed by atoms with van der Waals surface area (Å²) in [4.78, 5) is 33.1. The summed E-state index contributed by atoms with van der Waals surface area (Å²) in [5.74, 6) is 1.09. The Morgan fingerprint density at radius 3 is 2.55 bits per heavy atom. The number of rotatable bonds is 6. The third-order valence-electron chi connectivity index (χ3n) is 5.75. The zero-order valence-electron chi connectivity index (χ0n) is 17.5. The first-order valence-corrected chi connectivity index (χ1v) is 10.6. The molecule has 7 nitrogen and oxygen atoms in total. The lowest BCUT2D eigenvalue weighted by atomic mass is 10.1. The highest BCUT2D eigenvalue weighted by Gasteiger charge is 2.29. The molecule has 0 saturated heterocycles. The molecule has 0 unspecified atom stereocenters. The summed E-state index contributed by atoms with van der Waals surface area (Å²) in [6.07, 6.45) is 4.09. The second-order valence-electron chi connectivity index (χ2n) is 8.10. The minimum absolute atomic E-state index is 0.222. The largest absolute Gasteiger partial charge is 0.332 e. The standard InChI is InChI=1S/C22H29N5O2/c1-4-5-6-10-13-25-20(28)18-19(24(3)22(25)29)23-21-26(14-16(2)15-27(18)21)17-11-8-7-9-12-17/h7-9,11-12,16H,4-6,10,13-15H2,1-3H3/t16-/m1/s1. The number of para-hydroxylation sites is 1. The highest BCUT2D eigenvalue weighted by Crippen LogP contribution is 2.32. The Bertz CT molecular complexity index is 1130. The van der Waals surface area contributed by atoms with Gasteiger partial charge in [-0.15, -0.1) is 0 Å². The van der Waals surface area contributed by atoms with Crippen LogP contribution in [0.5, 0.6) is 0 Å². The van der Waals surface area contributed by atoms with Gasteiger partial charge < -0.3 is 9.47 Å². The van der Waals surface area contributed by atoms with Crippen LogP contribution in [0.1, 0.15) is 39.5 Å². The molecule has 2 aromatic heterocycles. The number of hydrogen-bond donors (Lipinski definition) is 0. The minimum Gasteiger partial charge on any atom is -0.312 e. The molecule has 3 heterocycles. The number of fused-ring (bicyclic) bond motifs is 3. The topological polar surface area (TPSA) is 65.1 Å². The van der Waals surface area contributed by atoms with Crippen molar-refractivity contribution in [1.82, 2.24) is 18.7 Å². The van der Waals surface area contributed by atoms with Gasteiger partial charge in [0.2, 0.25) is 5.95 Å². The molecule has 0 fully saturated rings. The Labute approximate surface area is 170 Å². The van der Waals surface area contributed by atoms with Crippen LogP contribution in [-0.4, -0.2) is 25.2 Å². The Hall–Kier alpha value is -2.83. The van der Waals surface area contributed by atoms with Crippen molar-refractivity contribution < 1.29 is 0 Å². The van der Waals surface area contributed by atoms with Crippen molar-refractivity contribution in [2.45, 2.75) is 52.6 Å². The summed E-state index contributed by atoms with van der Waals surface area (Å²) in [6, 6.07) is 10.1. The number of imidazole rings is 1. The van der Waals surface area contributed by atoms with Crippen molar-refractivity contribution in [1.29, 1.82) is 0 Å². The molecule has 0 bridgehead atoms. The predicted molar refractivity (Wildman–Crippen MR) is 116 cm³/mol. The van der Waals surface area contributed by atoms with Crippen molar-refractivity contribution in [2.75, 3.05) is 11.4 Å². The van der Waals surface area contributed by atoms with Crippen LogP contribution in [0.15, 0.2) is 39.9 Å². The molecule has 0 amide bonds. The van der Waals surface area contributed by atoms with Crippen LogP contribution in [0.4, 0.5) is 11.6 Å². The zero-order valence-corrected chi connectivity index (χ0v) is 17.5. The number of anilines is 2. The molecule has 0 spiro atoms. The van der Waals surface area contributed by atoms with Crippen molar-refractivity contribution in [2.24, 2.45) is 13.0 Å². The van der Waals surface area contributed by atoms with Crippen LogP contribution in [0.25, 0.3) is 11.2 Å². The lowest BCUT2D eigenvalue weighted by Crippen LogP contribution is -2.40. The molecule has 29 heavy (non-hydrogen) atoms. The van der Waals surface area contributed by atoms with E-state index in [4.69, 9.17) is 4.98 Å². The van der Waals surface area contributed by atoms with Crippen LogP contribution >= 0.6 is 0 Å². The van der Waals surface area contributed by atoms with E-state index in [0.717, 1.165) is 50.4 Å². The van der Waals surface area contributed by atoms with E-state index in [9.17, 15) is 9.59 Å². The van der Waals surface area contributed by atoms with Gasteiger partial charge in [0, 0.05) is 32.4 Å². The van der Waals surface area contributed by atoms with E-state index in [1.54, 1.807) is 7.05 Å². The first-order valence-electron chi connectivity index (χ1n) is 10.6. The Balaban J connectivity index is 1.86. The fourth-order valence-electron chi connectivity index (χ4n) is 4.22. The van der Waals surface area contributed by atoms with E-state index in [1.807, 2.05) is 34.9 Å². The van der Waals surface area contributed by atoms with Crippen LogP contribution in [-0.2, 0) is 20.1 Å². The van der Waals surface area contributed by atoms with E-state index < -0.39 is 0 Å². The average molecular weight is 396 g/mol. The monoisotopic (exact) mass is 395 g/mol. The molecule has 1 atom stereocenters. The van der Waals surface area contributed by atoms with Gasteiger partial charge in [0.15, 0.2) is 11.2 Å². The van der Waals surface area contributed by atoms with Crippen LogP contribution in [0.3, 0.4) is 0 Å². The third-order valence-corrected chi connectivity index (χ3v) is 5.75. The van der Waals surface area contributed by atoms with Gasteiger partial charge in [0.25, 0.3) is 5.56 Å². The number of aromatic nitrogens is 4. The number of nitrogens with zero attached hydrogens (tertiary/aromatic N) is 5. The molecule has 1 aliphatic rings. The van der Waals surface area contributed by atoms with Gasteiger partial charge in [-0.25, -0.2) is 4.79 Å². The molecular weight excluding hydrogens is 366 g/mol. The molecule has 1 aromatic carbocycles. The third kappa shape index (κ3) is 3.39. The summed E-state index contributed by atoms with van der Waals surface area (Å²) in [5, 5.41) is 0. The van der Waals surface area contributed by atoms with E-state index in [-0.39, 0.29) is 11.2 Å². The second kappa shape index (κ2) is 7.89. The number of hydrogen-bond acceptors (Lipinski definition) is 4. The van der Waals surface area contributed by atoms with Crippen molar-refractivity contribution >= 4 is 22.8 Å². The van der Waals surface area contributed by atoms with Crippen molar-refractivity contribution in [3.63, 3.8) is 0 Å². The highest BCUT2D eigenvalue weighted by atomic mass is 16.2. The molecule has 0 N–H and O–H groups in total. The summed E-state index contributed by atoms with van der Waals surface area (Å²) < 4.78 is 4.91. The average Bonchev–Trinajstić information content (AvgIpc) is 3.11. The lowest BCUT2D eigenvalue weighted by Gasteiger charge is -2.32. The maximum Gasteiger partial charge on any atom is 0.332 e. The minimum atomic E-state index is -0.284. The zero-order chi connectivity index (χ0) is 20.5. The molecule has 7 heteroatoms. The van der Waals surface area contributed by atoms with E-state index in [1.165, 1.54) is 9.13 Å². The van der Waals surface area contributed by atoms with Crippen LogP contribution in [0.2, 0.25) is 0 Å². The van der Waals surface area contributed by atoms with Crippen LogP contribution in [0, 0.1) is 5.92 Å². The van der Waals surface area contributed by atoms with Gasteiger partial charge >= 0.3 is 5.69 Å². The van der Waals surface area contributed by atoms with Gasteiger partial charge in [-0.2, -0.15) is 4.98 Å². The van der Waals surface area contributed by atoms with Crippen LogP contribution < -0.4 is 16.1 Å². The molecular formula is C22H29N5O2. The summed E-state index contributed by atoms with van der Waals surface area (Å²) in [6.45, 7) is 6.33. The van der Waals surface area contributed by atoms with Gasteiger partial charge in [-0.3, -0.25) is 13.9 Å².